The molecule has 1 aromatic rings. The van der Waals surface area contributed by atoms with E-state index in [0.29, 0.717) is 15.7 Å². The van der Waals surface area contributed by atoms with Crippen LogP contribution in [0.2, 0.25) is 10.0 Å². The lowest BCUT2D eigenvalue weighted by Crippen LogP contribution is -2.21. The van der Waals surface area contributed by atoms with Gasteiger partial charge in [-0.15, -0.1) is 6.42 Å². The van der Waals surface area contributed by atoms with Crippen molar-refractivity contribution in [3.63, 3.8) is 0 Å². The lowest BCUT2D eigenvalue weighted by molar-refractivity contribution is -0.114. The molecule has 0 spiro atoms. The van der Waals surface area contributed by atoms with Gasteiger partial charge in [-0.1, -0.05) is 57.8 Å². The lowest BCUT2D eigenvalue weighted by atomic mass is 10.3. The average Bonchev–Trinajstić information content (AvgIpc) is 2.23. The van der Waals surface area contributed by atoms with E-state index >= 15 is 0 Å². The Morgan fingerprint density at radius 2 is 2.20 bits per heavy atom. The maximum Gasteiger partial charge on any atom is 0.249 e. The van der Waals surface area contributed by atoms with Gasteiger partial charge >= 0.3 is 0 Å². The number of nitrogens with one attached hydrogen (secondary N) is 1. The lowest BCUT2D eigenvalue weighted by Gasteiger charge is -2.08. The van der Waals surface area contributed by atoms with Gasteiger partial charge in [0.2, 0.25) is 5.91 Å². The van der Waals surface area contributed by atoms with Gasteiger partial charge in [-0.3, -0.25) is 4.79 Å². The second kappa shape index (κ2) is 5.59. The second-order valence-corrected chi connectivity index (χ2v) is 4.65. The molecule has 0 aliphatic heterocycles. The van der Waals surface area contributed by atoms with E-state index in [4.69, 9.17) is 29.6 Å². The van der Waals surface area contributed by atoms with E-state index in [9.17, 15) is 4.79 Å². The number of hydrogen-bond acceptors (Lipinski definition) is 1. The third-order valence-corrected chi connectivity index (χ3v) is 3.33. The Morgan fingerprint density at radius 3 is 2.80 bits per heavy atom. The molecular weight excluding hydrogens is 348 g/mol. The van der Waals surface area contributed by atoms with E-state index in [1.165, 1.54) is 0 Å². The van der Waals surface area contributed by atoms with E-state index in [0.717, 1.165) is 0 Å². The zero-order valence-electron chi connectivity index (χ0n) is 7.43. The first-order valence-corrected chi connectivity index (χ1v) is 5.91. The Labute approximate surface area is 111 Å². The summed E-state index contributed by atoms with van der Waals surface area (Å²) in [4.78, 5) is 11.4. The number of carbonyl (C=O) groups is 1. The van der Waals surface area contributed by atoms with Crippen LogP contribution < -0.4 is 5.32 Å². The zero-order chi connectivity index (χ0) is 11.4. The van der Waals surface area contributed by atoms with Crippen LogP contribution in [0.4, 0.5) is 5.69 Å². The van der Waals surface area contributed by atoms with Gasteiger partial charge in [0.15, 0.2) is 3.92 Å². The molecule has 0 aliphatic rings. The van der Waals surface area contributed by atoms with Crippen molar-refractivity contribution >= 4 is 57.4 Å². The van der Waals surface area contributed by atoms with E-state index in [-0.39, 0.29) is 5.91 Å². The van der Waals surface area contributed by atoms with Gasteiger partial charge in [-0.2, -0.15) is 0 Å². The second-order valence-electron chi connectivity index (χ2n) is 2.62. The molecule has 1 amide bonds. The number of anilines is 1. The summed E-state index contributed by atoms with van der Waals surface area (Å²) in [7, 11) is 0. The summed E-state index contributed by atoms with van der Waals surface area (Å²) < 4.78 is -0.530. The fraction of sp³-hybridized carbons (Fsp3) is 0.100. The van der Waals surface area contributed by atoms with Gasteiger partial charge < -0.3 is 5.32 Å². The number of rotatable bonds is 2. The molecule has 15 heavy (non-hydrogen) atoms. The third-order valence-electron chi connectivity index (χ3n) is 1.59. The first-order valence-electron chi connectivity index (χ1n) is 3.91. The first-order chi connectivity index (χ1) is 7.06. The molecule has 1 unspecified atom stereocenters. The monoisotopic (exact) mass is 353 g/mol. The number of alkyl halides is 1. The molecule has 0 fully saturated rings. The first kappa shape index (κ1) is 12.6. The predicted octanol–water partition coefficient (Wildman–Crippen LogP) is 3.37. The smallest absolute Gasteiger partial charge is 0.249 e. The minimum Gasteiger partial charge on any atom is -0.323 e. The van der Waals surface area contributed by atoms with Gasteiger partial charge in [0.1, 0.15) is 0 Å². The number of amides is 1. The summed E-state index contributed by atoms with van der Waals surface area (Å²) in [5.41, 5.74) is 0.464. The van der Waals surface area contributed by atoms with Crippen molar-refractivity contribution in [2.24, 2.45) is 0 Å². The van der Waals surface area contributed by atoms with Crippen molar-refractivity contribution in [2.45, 2.75) is 3.92 Å². The van der Waals surface area contributed by atoms with Crippen LogP contribution in [0, 0.1) is 12.3 Å². The highest BCUT2D eigenvalue weighted by atomic mass is 127. The van der Waals surface area contributed by atoms with Crippen molar-refractivity contribution in [2.75, 3.05) is 5.32 Å². The third kappa shape index (κ3) is 3.26. The van der Waals surface area contributed by atoms with Crippen LogP contribution in [0.25, 0.3) is 0 Å². The molecule has 0 radical (unpaired) electrons. The van der Waals surface area contributed by atoms with Crippen LogP contribution in [-0.4, -0.2) is 9.83 Å². The fourth-order valence-electron chi connectivity index (χ4n) is 0.872. The average molecular weight is 354 g/mol. The minimum atomic E-state index is -0.530. The van der Waals surface area contributed by atoms with Crippen molar-refractivity contribution in [1.29, 1.82) is 0 Å². The van der Waals surface area contributed by atoms with Gasteiger partial charge in [0, 0.05) is 0 Å². The topological polar surface area (TPSA) is 29.1 Å². The van der Waals surface area contributed by atoms with Crippen LogP contribution in [0.5, 0.6) is 0 Å². The molecule has 5 heteroatoms. The normalized spacial score (nSPS) is 11.6. The molecular formula is C10H6Cl2INO. The highest BCUT2D eigenvalue weighted by Gasteiger charge is 2.13. The Bertz CT molecular complexity index is 428. The van der Waals surface area contributed by atoms with E-state index in [1.807, 2.05) is 22.6 Å². The molecule has 1 N–H and O–H groups in total. The van der Waals surface area contributed by atoms with E-state index in [2.05, 4.69) is 11.2 Å². The van der Waals surface area contributed by atoms with Crippen LogP contribution in [0.1, 0.15) is 0 Å². The molecule has 0 aromatic heterocycles. The molecule has 0 bridgehead atoms. The molecule has 78 valence electrons. The van der Waals surface area contributed by atoms with Gasteiger partial charge in [0.05, 0.1) is 15.7 Å². The Balaban J connectivity index is 2.87. The summed E-state index contributed by atoms with van der Waals surface area (Å²) in [6, 6.07) is 5.00. The maximum atomic E-state index is 11.4. The van der Waals surface area contributed by atoms with Crippen molar-refractivity contribution in [3.8, 4) is 12.3 Å². The molecule has 0 saturated heterocycles. The van der Waals surface area contributed by atoms with Crippen molar-refractivity contribution in [1.82, 2.24) is 0 Å². The standard InChI is InChI=1S/C10H6Cl2INO/c1-2-7(13)10(15)14-8-5-3-4-6(11)9(8)12/h1,3-5,7H,(H,14,15). The molecule has 0 heterocycles. The highest BCUT2D eigenvalue weighted by Crippen LogP contribution is 2.29. The molecule has 1 aromatic carbocycles. The Kier molecular flexibility index (Phi) is 4.71. The molecule has 2 nitrogen and oxygen atoms in total. The van der Waals surface area contributed by atoms with Crippen LogP contribution in [0.15, 0.2) is 18.2 Å². The van der Waals surface area contributed by atoms with Gasteiger partial charge in [-0.05, 0) is 12.1 Å². The largest absolute Gasteiger partial charge is 0.323 e. The summed E-state index contributed by atoms with van der Waals surface area (Å²) in [6.07, 6.45) is 5.12. The quantitative estimate of drug-likeness (QED) is 0.493. The Morgan fingerprint density at radius 1 is 1.53 bits per heavy atom. The number of terminal acetylenes is 1. The maximum absolute atomic E-state index is 11.4. The van der Waals surface area contributed by atoms with E-state index in [1.54, 1.807) is 18.2 Å². The number of halogens is 3. The summed E-state index contributed by atoms with van der Waals surface area (Å²) in [5, 5.41) is 3.30. The molecule has 1 atom stereocenters. The summed E-state index contributed by atoms with van der Waals surface area (Å²) in [6.45, 7) is 0. The highest BCUT2D eigenvalue weighted by molar-refractivity contribution is 14.1. The SMILES string of the molecule is C#CC(I)C(=O)Nc1cccc(Cl)c1Cl. The van der Waals surface area contributed by atoms with Crippen molar-refractivity contribution < 1.29 is 4.79 Å². The summed E-state index contributed by atoms with van der Waals surface area (Å²) >= 11 is 13.5. The van der Waals surface area contributed by atoms with Crippen LogP contribution >= 0.6 is 45.8 Å². The summed E-state index contributed by atoms with van der Waals surface area (Å²) in [5.74, 6) is 2.03. The fourth-order valence-corrected chi connectivity index (χ4v) is 1.38. The number of hydrogen-bond donors (Lipinski definition) is 1. The Hall–Kier alpha value is -0.440. The predicted molar refractivity (Wildman–Crippen MR) is 71.7 cm³/mol. The minimum absolute atomic E-state index is 0.290. The van der Waals surface area contributed by atoms with Crippen LogP contribution in [-0.2, 0) is 4.79 Å². The van der Waals surface area contributed by atoms with Gasteiger partial charge in [-0.25, -0.2) is 0 Å². The van der Waals surface area contributed by atoms with E-state index < -0.39 is 3.92 Å². The number of benzene rings is 1. The molecule has 0 saturated carbocycles. The van der Waals surface area contributed by atoms with Gasteiger partial charge in [0.25, 0.3) is 0 Å². The number of carbonyl (C=O) groups excluding carboxylic acids is 1. The van der Waals surface area contributed by atoms with Crippen molar-refractivity contribution in [3.05, 3.63) is 28.2 Å². The van der Waals surface area contributed by atoms with Crippen LogP contribution in [0.3, 0.4) is 0 Å². The molecule has 1 rings (SSSR count). The zero-order valence-corrected chi connectivity index (χ0v) is 11.1. The molecule has 0 aliphatic carbocycles.